The maximum Gasteiger partial charge on any atom is 0.136 e. The lowest BCUT2D eigenvalue weighted by atomic mass is 10.3. The second kappa shape index (κ2) is 13.6. The van der Waals surface area contributed by atoms with E-state index in [4.69, 9.17) is 18.9 Å². The van der Waals surface area contributed by atoms with Crippen LogP contribution in [-0.4, -0.2) is 26.4 Å². The van der Waals surface area contributed by atoms with Crippen molar-refractivity contribution in [2.24, 2.45) is 0 Å². The molecule has 0 unspecified atom stereocenters. The minimum atomic E-state index is 0.569. The molecule has 0 aliphatic carbocycles. The highest BCUT2D eigenvalue weighted by molar-refractivity contribution is 8.03. The minimum Gasteiger partial charge on any atom is -0.493 e. The lowest BCUT2D eigenvalue weighted by Crippen LogP contribution is -1.99. The Labute approximate surface area is 221 Å². The summed E-state index contributed by atoms with van der Waals surface area (Å²) < 4.78 is 23.9. The van der Waals surface area contributed by atoms with Gasteiger partial charge in [-0.05, 0) is 52.0 Å². The van der Waals surface area contributed by atoms with Crippen molar-refractivity contribution < 1.29 is 18.9 Å². The second-order valence-electron chi connectivity index (χ2n) is 7.00. The molecule has 0 saturated carbocycles. The van der Waals surface area contributed by atoms with E-state index in [0.29, 0.717) is 26.4 Å². The van der Waals surface area contributed by atoms with Crippen molar-refractivity contribution in [2.75, 3.05) is 26.4 Å². The van der Waals surface area contributed by atoms with Crippen LogP contribution >= 0.6 is 34.9 Å². The molecule has 0 spiro atoms. The normalized spacial score (nSPS) is 10.6. The van der Waals surface area contributed by atoms with Gasteiger partial charge >= 0.3 is 0 Å². The first-order valence-electron chi connectivity index (χ1n) is 11.7. The third kappa shape index (κ3) is 6.40. The lowest BCUT2D eigenvalue weighted by Gasteiger charge is -2.17. The van der Waals surface area contributed by atoms with Gasteiger partial charge in [-0.25, -0.2) is 0 Å². The first-order valence-corrected chi connectivity index (χ1v) is 14.1. The Morgan fingerprint density at radius 2 is 0.914 bits per heavy atom. The van der Waals surface area contributed by atoms with Crippen molar-refractivity contribution in [1.29, 1.82) is 0 Å². The first kappa shape index (κ1) is 27.1. The maximum atomic E-state index is 5.97. The van der Waals surface area contributed by atoms with Gasteiger partial charge in [0.05, 0.1) is 36.2 Å². The third-order valence-corrected chi connectivity index (χ3v) is 8.78. The summed E-state index contributed by atoms with van der Waals surface area (Å²) in [5.74, 6) is 3.19. The summed E-state index contributed by atoms with van der Waals surface area (Å²) in [6.07, 6.45) is 3.79. The smallest absolute Gasteiger partial charge is 0.136 e. The highest BCUT2D eigenvalue weighted by Crippen LogP contribution is 2.54. The van der Waals surface area contributed by atoms with Gasteiger partial charge in [0.15, 0.2) is 0 Å². The topological polar surface area (TPSA) is 36.9 Å². The molecule has 3 aromatic rings. The van der Waals surface area contributed by atoms with Crippen LogP contribution in [0.15, 0.2) is 69.1 Å². The van der Waals surface area contributed by atoms with Gasteiger partial charge in [0.2, 0.25) is 0 Å². The lowest BCUT2D eigenvalue weighted by molar-refractivity contribution is 0.308. The van der Waals surface area contributed by atoms with Crippen molar-refractivity contribution in [1.82, 2.24) is 0 Å². The van der Waals surface area contributed by atoms with E-state index >= 15 is 0 Å². The highest BCUT2D eigenvalue weighted by atomic mass is 32.2. The highest BCUT2D eigenvalue weighted by Gasteiger charge is 2.24. The predicted octanol–water partition coefficient (Wildman–Crippen LogP) is 8.93. The van der Waals surface area contributed by atoms with E-state index in [1.807, 2.05) is 76.2 Å². The summed E-state index contributed by atoms with van der Waals surface area (Å²) in [5, 5.41) is 0. The fourth-order valence-electron chi connectivity index (χ4n) is 3.37. The molecule has 1 heterocycles. The van der Waals surface area contributed by atoms with E-state index in [1.54, 1.807) is 34.9 Å². The molecule has 0 radical (unpaired) electrons. The van der Waals surface area contributed by atoms with Crippen LogP contribution < -0.4 is 18.9 Å². The third-order valence-electron chi connectivity index (χ3n) is 4.74. The van der Waals surface area contributed by atoms with Crippen LogP contribution in [0.3, 0.4) is 0 Å². The number of rotatable bonds is 14. The minimum absolute atomic E-state index is 0.569. The van der Waals surface area contributed by atoms with Crippen molar-refractivity contribution in [3.8, 4) is 23.0 Å². The first-order chi connectivity index (χ1) is 17.1. The zero-order valence-electron chi connectivity index (χ0n) is 20.7. The van der Waals surface area contributed by atoms with Gasteiger partial charge in [0.25, 0.3) is 0 Å². The average molecular weight is 529 g/mol. The predicted molar refractivity (Wildman–Crippen MR) is 150 cm³/mol. The van der Waals surface area contributed by atoms with E-state index in [9.17, 15) is 0 Å². The number of hydrogen-bond donors (Lipinski definition) is 0. The molecular formula is C28H32O4S3. The number of thiophene rings is 1. The summed E-state index contributed by atoms with van der Waals surface area (Å²) in [7, 11) is 0. The number of ether oxygens (including phenoxy) is 4. The second-order valence-corrected chi connectivity index (χ2v) is 10.1. The molecule has 0 bridgehead atoms. The van der Waals surface area contributed by atoms with Gasteiger partial charge < -0.3 is 18.9 Å². The molecule has 3 rings (SSSR count). The van der Waals surface area contributed by atoms with Crippen LogP contribution in [0.1, 0.15) is 37.4 Å². The van der Waals surface area contributed by atoms with Crippen molar-refractivity contribution in [3.63, 3.8) is 0 Å². The van der Waals surface area contributed by atoms with Crippen molar-refractivity contribution >= 4 is 47.0 Å². The molecule has 1 aromatic heterocycles. The molecular weight excluding hydrogens is 497 g/mol. The van der Waals surface area contributed by atoms with E-state index < -0.39 is 0 Å². The Morgan fingerprint density at radius 3 is 1.17 bits per heavy atom. The molecule has 186 valence electrons. The van der Waals surface area contributed by atoms with Gasteiger partial charge in [-0.2, -0.15) is 0 Å². The fraction of sp³-hybridized carbons (Fsp3) is 0.286. The quantitative estimate of drug-likeness (QED) is 0.208. The Kier molecular flexibility index (Phi) is 10.5. The van der Waals surface area contributed by atoms with Crippen LogP contribution in [0.5, 0.6) is 23.0 Å². The standard InChI is InChI=1S/C28H32O4S3/c1-7-23-27(34-25-19(29-9-3)15-13-16-20(25)30-10-4)28(24(8-2)33-23)35-26-21(31-11-5)17-14-18-22(26)32-12-6/h7-8,13-18H,1-2,9-12H2,3-6H3. The fourth-order valence-corrected chi connectivity index (χ4v) is 7.13. The Morgan fingerprint density at radius 1 is 0.600 bits per heavy atom. The van der Waals surface area contributed by atoms with Gasteiger partial charge in [0, 0.05) is 19.5 Å². The van der Waals surface area contributed by atoms with Gasteiger partial charge in [-0.1, -0.05) is 61.0 Å². The van der Waals surface area contributed by atoms with Crippen molar-refractivity contribution in [2.45, 2.75) is 47.3 Å². The largest absolute Gasteiger partial charge is 0.493 e. The number of benzene rings is 2. The van der Waals surface area contributed by atoms with Crippen LogP contribution in [0, 0.1) is 0 Å². The monoisotopic (exact) mass is 528 g/mol. The molecule has 0 aliphatic rings. The summed E-state index contributed by atoms with van der Waals surface area (Å²) in [4.78, 5) is 6.16. The molecule has 0 N–H and O–H groups in total. The summed E-state index contributed by atoms with van der Waals surface area (Å²) >= 11 is 4.92. The van der Waals surface area contributed by atoms with E-state index in [0.717, 1.165) is 52.3 Å². The zero-order chi connectivity index (χ0) is 25.2. The molecule has 4 nitrogen and oxygen atoms in total. The molecule has 7 heteroatoms. The zero-order valence-corrected chi connectivity index (χ0v) is 23.2. The van der Waals surface area contributed by atoms with Gasteiger partial charge in [-0.3, -0.25) is 0 Å². The summed E-state index contributed by atoms with van der Waals surface area (Å²) in [5.41, 5.74) is 0. The Bertz CT molecular complexity index is 1020. The maximum absolute atomic E-state index is 5.97. The van der Waals surface area contributed by atoms with Crippen LogP contribution in [0.4, 0.5) is 0 Å². The molecule has 0 saturated heterocycles. The van der Waals surface area contributed by atoms with E-state index in [-0.39, 0.29) is 0 Å². The Hall–Kier alpha value is -2.48. The molecule has 0 amide bonds. The SMILES string of the molecule is C=Cc1sc(C=C)c(Sc2c(OCC)cccc2OCC)c1Sc1c(OCC)cccc1OCC. The summed E-state index contributed by atoms with van der Waals surface area (Å²) in [6.45, 7) is 18.4. The molecule has 35 heavy (non-hydrogen) atoms. The van der Waals surface area contributed by atoms with Crippen LogP contribution in [0.2, 0.25) is 0 Å². The number of hydrogen-bond acceptors (Lipinski definition) is 7. The molecule has 2 aromatic carbocycles. The average Bonchev–Trinajstić information content (AvgIpc) is 3.19. The van der Waals surface area contributed by atoms with Gasteiger partial charge in [-0.15, -0.1) is 11.3 Å². The van der Waals surface area contributed by atoms with Crippen LogP contribution in [-0.2, 0) is 0 Å². The van der Waals surface area contributed by atoms with E-state index in [1.165, 1.54) is 0 Å². The molecule has 0 atom stereocenters. The van der Waals surface area contributed by atoms with Gasteiger partial charge in [0.1, 0.15) is 23.0 Å². The van der Waals surface area contributed by atoms with E-state index in [2.05, 4.69) is 13.2 Å². The summed E-state index contributed by atoms with van der Waals surface area (Å²) in [6, 6.07) is 11.8. The molecule has 0 aliphatic heterocycles. The Balaban J connectivity index is 2.17. The van der Waals surface area contributed by atoms with Crippen molar-refractivity contribution in [3.05, 3.63) is 59.3 Å². The van der Waals surface area contributed by atoms with Crippen LogP contribution in [0.25, 0.3) is 12.2 Å². The molecule has 0 fully saturated rings.